The third-order valence-electron chi connectivity index (χ3n) is 9.24. The van der Waals surface area contributed by atoms with Gasteiger partial charge < -0.3 is 74.6 Å². The number of primary amides is 4. The maximum atomic E-state index is 11.6. The Morgan fingerprint density at radius 2 is 0.779 bits per heavy atom. The molecule has 0 aliphatic carbocycles. The fourth-order valence-electron chi connectivity index (χ4n) is 6.02. The van der Waals surface area contributed by atoms with Gasteiger partial charge in [0.05, 0.1) is 48.7 Å². The molecular weight excluding hydrogens is 889 g/mol. The van der Waals surface area contributed by atoms with E-state index in [2.05, 4.69) is 21.3 Å². The Morgan fingerprint density at radius 3 is 1.10 bits per heavy atom. The second-order valence-electron chi connectivity index (χ2n) is 14.2. The zero-order valence-electron chi connectivity index (χ0n) is 37.8. The van der Waals surface area contributed by atoms with Crippen LogP contribution in [0.1, 0.15) is 68.1 Å². The monoisotopic (exact) mass is 944 g/mol. The summed E-state index contributed by atoms with van der Waals surface area (Å²) in [6.45, 7) is 5.74. The lowest BCUT2D eigenvalue weighted by atomic mass is 10.1. The maximum Gasteiger partial charge on any atom is 0.296 e. The third-order valence-corrected chi connectivity index (χ3v) is 9.24. The van der Waals surface area contributed by atoms with E-state index >= 15 is 0 Å². The summed E-state index contributed by atoms with van der Waals surface area (Å²) in [5.74, 6) is -1.76. The first-order valence-electron chi connectivity index (χ1n) is 20.7. The van der Waals surface area contributed by atoms with Crippen molar-refractivity contribution in [2.75, 3.05) is 86.3 Å². The first kappa shape index (κ1) is 53.4. The molecule has 0 spiro atoms. The number of anilines is 6. The Bertz CT molecular complexity index is 2550. The Balaban J connectivity index is 0.000000363. The SMILES string of the molecule is CCCOc1cc(C(N)=O)cc(N)c1NC/C=C/CNc1c(N)cc(C(N)=O)cc1OC.CCCOc1cc(C(N)=O)cc([N+](=O)[O-])c1NC/C=C/CNc1c(OC)cc(C(N)=O)cc1[N+](=O)[O-]. The van der Waals surface area contributed by atoms with Gasteiger partial charge in [-0.1, -0.05) is 38.2 Å². The topological polar surface area (TPSA) is 396 Å². The van der Waals surface area contributed by atoms with Crippen LogP contribution in [0.4, 0.5) is 45.5 Å². The van der Waals surface area contributed by atoms with Gasteiger partial charge in [-0.05, 0) is 49.2 Å². The molecule has 0 saturated heterocycles. The molecule has 0 atom stereocenters. The van der Waals surface area contributed by atoms with Gasteiger partial charge in [-0.2, -0.15) is 0 Å². The fourth-order valence-corrected chi connectivity index (χ4v) is 6.02. The normalized spacial score (nSPS) is 10.6. The Kier molecular flexibility index (Phi) is 20.5. The van der Waals surface area contributed by atoms with Crippen molar-refractivity contribution in [3.05, 3.63) is 115 Å². The van der Waals surface area contributed by atoms with Crippen LogP contribution < -0.4 is 74.6 Å². The average molecular weight is 945 g/mol. The Labute approximate surface area is 390 Å². The minimum atomic E-state index is -0.839. The van der Waals surface area contributed by atoms with E-state index in [1.807, 2.05) is 26.0 Å². The maximum absolute atomic E-state index is 11.6. The number of nitro benzene ring substituents is 2. The summed E-state index contributed by atoms with van der Waals surface area (Å²) >= 11 is 0. The smallest absolute Gasteiger partial charge is 0.296 e. The van der Waals surface area contributed by atoms with Gasteiger partial charge >= 0.3 is 0 Å². The molecule has 0 heterocycles. The van der Waals surface area contributed by atoms with Gasteiger partial charge in [0.1, 0.15) is 34.4 Å². The molecule has 0 aromatic heterocycles. The van der Waals surface area contributed by atoms with Crippen molar-refractivity contribution in [1.82, 2.24) is 0 Å². The first-order valence-corrected chi connectivity index (χ1v) is 20.7. The van der Waals surface area contributed by atoms with Crippen molar-refractivity contribution >= 4 is 69.1 Å². The molecule has 0 bridgehead atoms. The number of nitrogens with two attached hydrogens (primary N) is 6. The highest BCUT2D eigenvalue weighted by atomic mass is 16.6. The number of carbonyl (C=O) groups excluding carboxylic acids is 4. The first-order chi connectivity index (χ1) is 32.4. The van der Waals surface area contributed by atoms with Crippen LogP contribution in [0.25, 0.3) is 0 Å². The molecule has 0 unspecified atom stereocenters. The van der Waals surface area contributed by atoms with E-state index < -0.39 is 39.2 Å². The van der Waals surface area contributed by atoms with Gasteiger partial charge in [-0.25, -0.2) is 0 Å². The number of amides is 4. The van der Waals surface area contributed by atoms with E-state index in [4.69, 9.17) is 53.3 Å². The van der Waals surface area contributed by atoms with Gasteiger partial charge in [0.15, 0.2) is 11.4 Å². The van der Waals surface area contributed by atoms with Gasteiger partial charge in [0.2, 0.25) is 23.6 Å². The Hall–Kier alpha value is -8.96. The molecule has 0 radical (unpaired) electrons. The number of carbonyl (C=O) groups is 4. The second kappa shape index (κ2) is 26.1. The number of ether oxygens (including phenoxy) is 4. The molecular formula is C44H56N12O12. The summed E-state index contributed by atoms with van der Waals surface area (Å²) in [6, 6.07) is 10.8. The number of nitrogens with zero attached hydrogens (tertiary/aromatic N) is 2. The minimum absolute atomic E-state index is 0.0537. The zero-order chi connectivity index (χ0) is 50.5. The molecule has 4 rings (SSSR count). The molecule has 0 fully saturated rings. The highest BCUT2D eigenvalue weighted by Gasteiger charge is 2.24. The average Bonchev–Trinajstić information content (AvgIpc) is 3.29. The van der Waals surface area contributed by atoms with Crippen molar-refractivity contribution in [1.29, 1.82) is 0 Å². The van der Waals surface area contributed by atoms with Gasteiger partial charge in [-0.15, -0.1) is 0 Å². The van der Waals surface area contributed by atoms with Crippen molar-refractivity contribution in [3.63, 3.8) is 0 Å². The number of nitrogen functional groups attached to an aromatic ring is 2. The summed E-state index contributed by atoms with van der Waals surface area (Å²) in [7, 11) is 2.78. The van der Waals surface area contributed by atoms with Crippen LogP contribution in [0, 0.1) is 20.2 Å². The standard InChI is InChI=1S/C22H26N6O8.C22H30N6O4/c1-3-8-36-18-12-14(22(24)30)10-16(28(33)34)20(18)26-7-5-4-6-25-19-15(27(31)32)9-13(21(23)29)11-17(19)35-2;1-3-8-32-18-12-14(22(26)30)10-16(24)20(18)28-7-5-4-6-27-19-15(23)9-13(21(25)29)11-17(19)31-2/h4-5,9-12,25-26H,3,6-8H2,1-2H3,(H2,23,29)(H2,24,30);4-5,9-12,27-28H,3,6-8,23-24H2,1-2H3,(H2,25,29)(H2,26,30)/b2*5-4+. The third kappa shape index (κ3) is 15.1. The predicted molar refractivity (Wildman–Crippen MR) is 259 cm³/mol. The molecule has 0 saturated carbocycles. The molecule has 68 heavy (non-hydrogen) atoms. The van der Waals surface area contributed by atoms with Gasteiger partial charge in [0, 0.05) is 60.6 Å². The van der Waals surface area contributed by atoms with Crippen LogP contribution >= 0.6 is 0 Å². The summed E-state index contributed by atoms with van der Waals surface area (Å²) in [5, 5.41) is 35.1. The quantitative estimate of drug-likeness (QED) is 0.0179. The predicted octanol–water partition coefficient (Wildman–Crippen LogP) is 4.50. The highest BCUT2D eigenvalue weighted by Crippen LogP contribution is 2.38. The number of methoxy groups -OCH3 is 2. The lowest BCUT2D eigenvalue weighted by Crippen LogP contribution is -2.14. The molecule has 4 aromatic carbocycles. The van der Waals surface area contributed by atoms with E-state index in [0.717, 1.165) is 18.6 Å². The van der Waals surface area contributed by atoms with Crippen LogP contribution in [0.3, 0.4) is 0 Å². The molecule has 4 amide bonds. The zero-order valence-corrected chi connectivity index (χ0v) is 37.8. The number of nitro groups is 2. The summed E-state index contributed by atoms with van der Waals surface area (Å²) in [6.07, 6.45) is 8.45. The molecule has 0 aliphatic rings. The number of rotatable bonds is 26. The van der Waals surface area contributed by atoms with E-state index in [1.54, 1.807) is 18.2 Å². The van der Waals surface area contributed by atoms with Crippen LogP contribution in [-0.4, -0.2) is 87.1 Å². The largest absolute Gasteiger partial charge is 0.494 e. The van der Waals surface area contributed by atoms with Crippen molar-refractivity contribution in [2.24, 2.45) is 22.9 Å². The minimum Gasteiger partial charge on any atom is -0.494 e. The van der Waals surface area contributed by atoms with Crippen LogP contribution in [0.15, 0.2) is 72.8 Å². The molecule has 4 aromatic rings. The van der Waals surface area contributed by atoms with Crippen LogP contribution in [0.2, 0.25) is 0 Å². The van der Waals surface area contributed by atoms with Gasteiger partial charge in [0.25, 0.3) is 11.4 Å². The second-order valence-corrected chi connectivity index (χ2v) is 14.2. The molecule has 24 nitrogen and oxygen atoms in total. The van der Waals surface area contributed by atoms with E-state index in [1.165, 1.54) is 44.6 Å². The number of hydrogen-bond donors (Lipinski definition) is 10. The van der Waals surface area contributed by atoms with Crippen molar-refractivity contribution in [2.45, 2.75) is 26.7 Å². The van der Waals surface area contributed by atoms with E-state index in [9.17, 15) is 39.4 Å². The van der Waals surface area contributed by atoms with E-state index in [-0.39, 0.29) is 70.5 Å². The van der Waals surface area contributed by atoms with Crippen LogP contribution in [0.5, 0.6) is 23.0 Å². The van der Waals surface area contributed by atoms with E-state index in [0.29, 0.717) is 60.4 Å². The Morgan fingerprint density at radius 1 is 0.500 bits per heavy atom. The summed E-state index contributed by atoms with van der Waals surface area (Å²) in [5.41, 5.74) is 34.9. The fraction of sp³-hybridized carbons (Fsp3) is 0.273. The lowest BCUT2D eigenvalue weighted by Gasteiger charge is -2.16. The molecule has 0 aliphatic heterocycles. The highest BCUT2D eigenvalue weighted by molar-refractivity contribution is 5.98. The number of nitrogens with one attached hydrogen (secondary N) is 4. The van der Waals surface area contributed by atoms with Gasteiger partial charge in [-0.3, -0.25) is 39.4 Å². The number of benzene rings is 4. The molecule has 16 N–H and O–H groups in total. The van der Waals surface area contributed by atoms with Crippen molar-refractivity contribution in [3.8, 4) is 23.0 Å². The number of hydrogen-bond acceptors (Lipinski definition) is 18. The van der Waals surface area contributed by atoms with Crippen molar-refractivity contribution < 1.29 is 48.0 Å². The van der Waals surface area contributed by atoms with Crippen LogP contribution in [-0.2, 0) is 0 Å². The summed E-state index contributed by atoms with van der Waals surface area (Å²) < 4.78 is 21.7. The molecule has 24 heteroatoms. The molecule has 364 valence electrons. The summed E-state index contributed by atoms with van der Waals surface area (Å²) in [4.78, 5) is 67.5. The lowest BCUT2D eigenvalue weighted by molar-refractivity contribution is -0.384.